The highest BCUT2D eigenvalue weighted by Crippen LogP contribution is 2.42. The molecule has 1 amide bonds. The predicted molar refractivity (Wildman–Crippen MR) is 102 cm³/mol. The van der Waals surface area contributed by atoms with Gasteiger partial charge < -0.3 is 11.1 Å². The molecule has 1 aromatic carbocycles. The summed E-state index contributed by atoms with van der Waals surface area (Å²) in [7, 11) is 0. The molecule has 0 spiro atoms. The van der Waals surface area contributed by atoms with E-state index in [4.69, 9.17) is 5.73 Å². The SMILES string of the molecule is CC(NC(=O)c1cc(C2CC2)cc(C(F)(F)F)c1)C(N=CN)=Nc1ncccn1. The Morgan fingerprint density at radius 2 is 1.97 bits per heavy atom. The molecule has 1 saturated carbocycles. The lowest BCUT2D eigenvalue weighted by molar-refractivity contribution is -0.137. The van der Waals surface area contributed by atoms with Gasteiger partial charge in [0.25, 0.3) is 11.9 Å². The number of benzene rings is 1. The molecule has 1 atom stereocenters. The van der Waals surface area contributed by atoms with Crippen molar-refractivity contribution in [2.45, 2.75) is 37.9 Å². The average Bonchev–Trinajstić information content (AvgIpc) is 3.52. The summed E-state index contributed by atoms with van der Waals surface area (Å²) in [5, 5.41) is 2.60. The Morgan fingerprint density at radius 3 is 2.55 bits per heavy atom. The first-order valence-electron chi connectivity index (χ1n) is 8.91. The third kappa shape index (κ3) is 5.37. The van der Waals surface area contributed by atoms with Crippen molar-refractivity contribution in [3.05, 3.63) is 53.3 Å². The van der Waals surface area contributed by atoms with E-state index in [0.29, 0.717) is 5.56 Å². The Hall–Kier alpha value is -3.30. The highest BCUT2D eigenvalue weighted by atomic mass is 19.4. The van der Waals surface area contributed by atoms with Gasteiger partial charge in [-0.3, -0.25) is 4.79 Å². The lowest BCUT2D eigenvalue weighted by atomic mass is 10.0. The summed E-state index contributed by atoms with van der Waals surface area (Å²) in [6.45, 7) is 1.59. The second kappa shape index (κ2) is 8.38. The van der Waals surface area contributed by atoms with Crippen molar-refractivity contribution in [2.75, 3.05) is 0 Å². The van der Waals surface area contributed by atoms with Crippen molar-refractivity contribution in [3.8, 4) is 0 Å². The number of carbonyl (C=O) groups excluding carboxylic acids is 1. The summed E-state index contributed by atoms with van der Waals surface area (Å²) in [5.41, 5.74) is 4.95. The van der Waals surface area contributed by atoms with Crippen LogP contribution in [0.3, 0.4) is 0 Å². The minimum atomic E-state index is -4.54. The number of aromatic nitrogens is 2. The first kappa shape index (κ1) is 20.4. The number of nitrogens with two attached hydrogens (primary N) is 1. The summed E-state index contributed by atoms with van der Waals surface area (Å²) in [6, 6.07) is 4.32. The largest absolute Gasteiger partial charge is 0.416 e. The van der Waals surface area contributed by atoms with Crippen LogP contribution in [0.25, 0.3) is 0 Å². The molecule has 0 aliphatic heterocycles. The second-order valence-electron chi connectivity index (χ2n) is 6.61. The highest BCUT2D eigenvalue weighted by molar-refractivity contribution is 6.01. The molecule has 0 bridgehead atoms. The monoisotopic (exact) mass is 404 g/mol. The fourth-order valence-corrected chi connectivity index (χ4v) is 2.71. The first-order chi connectivity index (χ1) is 13.8. The van der Waals surface area contributed by atoms with Gasteiger partial charge in [0.05, 0.1) is 17.9 Å². The molecule has 152 valence electrons. The van der Waals surface area contributed by atoms with Gasteiger partial charge in [-0.2, -0.15) is 18.2 Å². The summed E-state index contributed by atoms with van der Waals surface area (Å²) < 4.78 is 39.7. The zero-order valence-corrected chi connectivity index (χ0v) is 15.5. The maximum atomic E-state index is 13.2. The lowest BCUT2D eigenvalue weighted by Crippen LogP contribution is -2.38. The number of hydrogen-bond acceptors (Lipinski definition) is 4. The molecular weight excluding hydrogens is 385 g/mol. The topological polar surface area (TPSA) is 106 Å². The molecule has 2 aromatic rings. The lowest BCUT2D eigenvalue weighted by Gasteiger charge is -2.15. The number of nitrogens with one attached hydrogen (secondary N) is 1. The molecule has 3 N–H and O–H groups in total. The molecular formula is C19H19F3N6O. The van der Waals surface area contributed by atoms with E-state index in [1.54, 1.807) is 13.0 Å². The first-order valence-corrected chi connectivity index (χ1v) is 8.91. The minimum absolute atomic E-state index is 0.0652. The van der Waals surface area contributed by atoms with E-state index in [2.05, 4.69) is 25.3 Å². The number of amides is 1. The Morgan fingerprint density at radius 1 is 1.28 bits per heavy atom. The van der Waals surface area contributed by atoms with E-state index in [1.807, 2.05) is 0 Å². The van der Waals surface area contributed by atoms with Crippen LogP contribution in [-0.2, 0) is 6.18 Å². The number of aliphatic imine (C=N–C) groups is 2. The molecule has 1 aliphatic carbocycles. The van der Waals surface area contributed by atoms with Gasteiger partial charge >= 0.3 is 6.18 Å². The smallest absolute Gasteiger partial charge is 0.390 e. The van der Waals surface area contributed by atoms with Crippen LogP contribution in [0.2, 0.25) is 0 Å². The van der Waals surface area contributed by atoms with Crippen molar-refractivity contribution < 1.29 is 18.0 Å². The molecule has 1 unspecified atom stereocenters. The van der Waals surface area contributed by atoms with E-state index in [-0.39, 0.29) is 23.3 Å². The molecule has 7 nitrogen and oxygen atoms in total. The van der Waals surface area contributed by atoms with E-state index < -0.39 is 23.7 Å². The van der Waals surface area contributed by atoms with Crippen LogP contribution < -0.4 is 11.1 Å². The number of carbonyl (C=O) groups is 1. The van der Waals surface area contributed by atoms with Crippen LogP contribution in [0.1, 0.15) is 47.2 Å². The molecule has 10 heteroatoms. The van der Waals surface area contributed by atoms with Crippen molar-refractivity contribution in [2.24, 2.45) is 15.7 Å². The van der Waals surface area contributed by atoms with Gasteiger partial charge in [-0.25, -0.2) is 15.0 Å². The minimum Gasteiger partial charge on any atom is -0.390 e. The van der Waals surface area contributed by atoms with Crippen LogP contribution in [0.4, 0.5) is 19.1 Å². The Kier molecular flexibility index (Phi) is 5.90. The fraction of sp³-hybridized carbons (Fsp3) is 0.316. The van der Waals surface area contributed by atoms with E-state index >= 15 is 0 Å². The Bertz CT molecular complexity index is 939. The van der Waals surface area contributed by atoms with Gasteiger partial charge in [0.15, 0.2) is 5.84 Å². The Labute approximate surface area is 165 Å². The van der Waals surface area contributed by atoms with Crippen molar-refractivity contribution in [3.63, 3.8) is 0 Å². The normalized spacial score (nSPS) is 16.1. The van der Waals surface area contributed by atoms with Gasteiger partial charge in [-0.15, -0.1) is 0 Å². The predicted octanol–water partition coefficient (Wildman–Crippen LogP) is 3.21. The second-order valence-corrected chi connectivity index (χ2v) is 6.61. The molecule has 1 aliphatic rings. The van der Waals surface area contributed by atoms with Crippen molar-refractivity contribution in [1.29, 1.82) is 0 Å². The third-order valence-corrected chi connectivity index (χ3v) is 4.30. The fourth-order valence-electron chi connectivity index (χ4n) is 2.71. The molecule has 0 saturated heterocycles. The zero-order chi connectivity index (χ0) is 21.0. The van der Waals surface area contributed by atoms with E-state index in [1.165, 1.54) is 18.5 Å². The molecule has 0 radical (unpaired) electrons. The van der Waals surface area contributed by atoms with Gasteiger partial charge in [0.1, 0.15) is 0 Å². The third-order valence-electron chi connectivity index (χ3n) is 4.30. The maximum absolute atomic E-state index is 13.2. The summed E-state index contributed by atoms with van der Waals surface area (Å²) in [6.07, 6.45) is 1.07. The summed E-state index contributed by atoms with van der Waals surface area (Å²) in [4.78, 5) is 28.6. The summed E-state index contributed by atoms with van der Waals surface area (Å²) >= 11 is 0. The van der Waals surface area contributed by atoms with E-state index in [0.717, 1.165) is 31.3 Å². The van der Waals surface area contributed by atoms with Crippen LogP contribution in [0, 0.1) is 0 Å². The number of rotatable bonds is 5. The Balaban J connectivity index is 1.84. The standard InChI is InChI=1S/C19H19F3N6O/c1-11(16(26-10-23)28-18-24-5-2-6-25-18)27-17(29)14-7-13(12-3-4-12)8-15(9-14)19(20,21)22/h2,5-12H,3-4H2,1H3,(H,27,29)(H2,23,24,25,26,28). The van der Waals surface area contributed by atoms with Gasteiger partial charge in [0.2, 0.25) is 0 Å². The number of hydrogen-bond donors (Lipinski definition) is 2. The van der Waals surface area contributed by atoms with Crippen molar-refractivity contribution >= 4 is 24.0 Å². The number of nitrogens with zero attached hydrogens (tertiary/aromatic N) is 4. The number of amidine groups is 1. The van der Waals surface area contributed by atoms with Crippen LogP contribution in [-0.4, -0.2) is 34.1 Å². The highest BCUT2D eigenvalue weighted by Gasteiger charge is 2.34. The molecule has 1 aromatic heterocycles. The molecule has 29 heavy (non-hydrogen) atoms. The van der Waals surface area contributed by atoms with Gasteiger partial charge in [0, 0.05) is 18.0 Å². The zero-order valence-electron chi connectivity index (χ0n) is 15.5. The van der Waals surface area contributed by atoms with Crippen LogP contribution in [0.5, 0.6) is 0 Å². The number of alkyl halides is 3. The average molecular weight is 404 g/mol. The quantitative estimate of drug-likeness (QED) is 0.590. The molecule has 1 heterocycles. The molecule has 1 fully saturated rings. The number of halogens is 3. The van der Waals surface area contributed by atoms with Crippen LogP contribution in [0.15, 0.2) is 46.6 Å². The van der Waals surface area contributed by atoms with Gasteiger partial charge in [-0.05, 0) is 55.5 Å². The summed E-state index contributed by atoms with van der Waals surface area (Å²) in [5.74, 6) is -0.374. The van der Waals surface area contributed by atoms with Crippen molar-refractivity contribution in [1.82, 2.24) is 15.3 Å². The van der Waals surface area contributed by atoms with Gasteiger partial charge in [-0.1, -0.05) is 0 Å². The van der Waals surface area contributed by atoms with E-state index in [9.17, 15) is 18.0 Å². The molecule has 3 rings (SSSR count). The maximum Gasteiger partial charge on any atom is 0.416 e. The van der Waals surface area contributed by atoms with Crippen LogP contribution >= 0.6 is 0 Å².